The van der Waals surface area contributed by atoms with Crippen molar-refractivity contribution in [2.45, 2.75) is 19.3 Å². The van der Waals surface area contributed by atoms with Crippen LogP contribution >= 0.6 is 11.6 Å². The first kappa shape index (κ1) is 18.7. The van der Waals surface area contributed by atoms with Crippen molar-refractivity contribution in [1.82, 2.24) is 9.80 Å². The van der Waals surface area contributed by atoms with Crippen LogP contribution in [0.1, 0.15) is 24.0 Å². The van der Waals surface area contributed by atoms with Crippen molar-refractivity contribution in [2.75, 3.05) is 19.6 Å². The summed E-state index contributed by atoms with van der Waals surface area (Å²) in [5.74, 6) is -0.838. The number of benzene rings is 2. The van der Waals surface area contributed by atoms with E-state index in [9.17, 15) is 14.0 Å². The lowest BCUT2D eigenvalue weighted by molar-refractivity contribution is -0.137. The van der Waals surface area contributed by atoms with Crippen LogP contribution in [-0.2, 0) is 16.0 Å². The van der Waals surface area contributed by atoms with Crippen LogP contribution in [0.25, 0.3) is 5.57 Å². The van der Waals surface area contributed by atoms with E-state index in [2.05, 4.69) is 0 Å². The molecular weight excluding hydrogens is 379 g/mol. The number of rotatable bonds is 5. The molecule has 2 amide bonds. The second-order valence-electron chi connectivity index (χ2n) is 7.06. The Hall–Kier alpha value is -2.66. The first-order chi connectivity index (χ1) is 13.5. The van der Waals surface area contributed by atoms with Gasteiger partial charge in [0.05, 0.1) is 5.57 Å². The number of imide groups is 1. The van der Waals surface area contributed by atoms with E-state index in [-0.39, 0.29) is 24.2 Å². The van der Waals surface area contributed by atoms with Gasteiger partial charge < -0.3 is 4.90 Å². The average Bonchev–Trinajstić information content (AvgIpc) is 3.29. The van der Waals surface area contributed by atoms with Gasteiger partial charge in [0.2, 0.25) is 0 Å². The lowest BCUT2D eigenvalue weighted by Crippen LogP contribution is -2.36. The number of hydrogen-bond acceptors (Lipinski definition) is 3. The third-order valence-corrected chi connectivity index (χ3v) is 5.49. The van der Waals surface area contributed by atoms with Gasteiger partial charge in [-0.2, -0.15) is 0 Å². The summed E-state index contributed by atoms with van der Waals surface area (Å²) in [5.41, 5.74) is 2.52. The predicted molar refractivity (Wildman–Crippen MR) is 106 cm³/mol. The quantitative estimate of drug-likeness (QED) is 0.717. The van der Waals surface area contributed by atoms with Crippen LogP contribution in [0, 0.1) is 5.82 Å². The molecule has 0 unspecified atom stereocenters. The summed E-state index contributed by atoms with van der Waals surface area (Å²) in [4.78, 5) is 29.6. The number of hydrogen-bond donors (Lipinski definition) is 0. The van der Waals surface area contributed by atoms with Crippen molar-refractivity contribution in [1.29, 1.82) is 0 Å². The Labute approximate surface area is 168 Å². The van der Waals surface area contributed by atoms with E-state index in [1.165, 1.54) is 17.0 Å². The fourth-order valence-corrected chi connectivity index (χ4v) is 3.90. The second-order valence-corrected chi connectivity index (χ2v) is 7.50. The van der Waals surface area contributed by atoms with Gasteiger partial charge in [0.25, 0.3) is 11.8 Å². The summed E-state index contributed by atoms with van der Waals surface area (Å²) in [5, 5.41) is 0.581. The summed E-state index contributed by atoms with van der Waals surface area (Å²) < 4.78 is 13.1. The van der Waals surface area contributed by atoms with Gasteiger partial charge >= 0.3 is 0 Å². The van der Waals surface area contributed by atoms with Crippen LogP contribution in [0.5, 0.6) is 0 Å². The maximum absolute atomic E-state index is 13.2. The van der Waals surface area contributed by atoms with E-state index in [1.807, 2.05) is 4.90 Å². The molecule has 4 rings (SSSR count). The minimum Gasteiger partial charge on any atom is -0.366 e. The smallest absolute Gasteiger partial charge is 0.277 e. The lowest BCUT2D eigenvalue weighted by atomic mass is 10.0. The van der Waals surface area contributed by atoms with Gasteiger partial charge in [-0.05, 0) is 54.7 Å². The van der Waals surface area contributed by atoms with E-state index >= 15 is 0 Å². The molecule has 0 atom stereocenters. The van der Waals surface area contributed by atoms with Crippen LogP contribution in [-0.4, -0.2) is 41.2 Å². The Morgan fingerprint density at radius 1 is 0.893 bits per heavy atom. The molecule has 2 aliphatic heterocycles. The zero-order chi connectivity index (χ0) is 19.7. The van der Waals surface area contributed by atoms with Crippen molar-refractivity contribution in [3.8, 4) is 0 Å². The predicted octanol–water partition coefficient (Wildman–Crippen LogP) is 3.90. The molecule has 0 aliphatic carbocycles. The average molecular weight is 399 g/mol. The molecule has 2 heterocycles. The van der Waals surface area contributed by atoms with Gasteiger partial charge in [-0.3, -0.25) is 14.5 Å². The number of nitrogens with zero attached hydrogens (tertiary/aromatic N) is 2. The molecule has 4 nitrogen and oxygen atoms in total. The fourth-order valence-electron chi connectivity index (χ4n) is 3.77. The highest BCUT2D eigenvalue weighted by molar-refractivity contribution is 6.36. The topological polar surface area (TPSA) is 40.6 Å². The molecule has 0 saturated carbocycles. The van der Waals surface area contributed by atoms with Gasteiger partial charge in [0.15, 0.2) is 0 Å². The highest BCUT2D eigenvalue weighted by Gasteiger charge is 2.41. The minimum absolute atomic E-state index is 0.251. The lowest BCUT2D eigenvalue weighted by Gasteiger charge is -2.20. The zero-order valence-electron chi connectivity index (χ0n) is 15.3. The molecule has 0 aromatic heterocycles. The van der Waals surface area contributed by atoms with Crippen molar-refractivity contribution in [3.05, 3.63) is 76.2 Å². The molecule has 1 fully saturated rings. The normalized spacial score (nSPS) is 17.2. The first-order valence-electron chi connectivity index (χ1n) is 9.40. The number of likely N-dealkylation sites (tertiary alicyclic amines) is 1. The summed E-state index contributed by atoms with van der Waals surface area (Å²) in [6.07, 6.45) is 2.50. The molecule has 2 aromatic rings. The van der Waals surface area contributed by atoms with Gasteiger partial charge in [0.1, 0.15) is 11.5 Å². The molecule has 2 aromatic carbocycles. The number of carbonyl (C=O) groups excluding carboxylic acids is 2. The van der Waals surface area contributed by atoms with Crippen molar-refractivity contribution in [3.63, 3.8) is 0 Å². The van der Waals surface area contributed by atoms with Crippen LogP contribution in [0.15, 0.2) is 54.2 Å². The SMILES string of the molecule is O=C1C(c2ccc(Cl)cc2)=C(N2CCCC2)C(=O)N1CCc1ccc(F)cc1. The van der Waals surface area contributed by atoms with Crippen LogP contribution in [0.2, 0.25) is 5.02 Å². The summed E-state index contributed by atoms with van der Waals surface area (Å²) in [6, 6.07) is 13.1. The molecular formula is C22H20ClFN2O2. The largest absolute Gasteiger partial charge is 0.366 e. The Bertz CT molecular complexity index is 932. The Kier molecular flexibility index (Phi) is 5.18. The molecule has 0 N–H and O–H groups in total. The van der Waals surface area contributed by atoms with Crippen molar-refractivity contribution >= 4 is 29.0 Å². The summed E-state index contributed by atoms with van der Waals surface area (Å²) >= 11 is 5.99. The van der Waals surface area contributed by atoms with Gasteiger partial charge in [-0.15, -0.1) is 0 Å². The van der Waals surface area contributed by atoms with Gasteiger partial charge in [0, 0.05) is 24.7 Å². The van der Waals surface area contributed by atoms with Crippen molar-refractivity contribution < 1.29 is 14.0 Å². The molecule has 28 heavy (non-hydrogen) atoms. The summed E-state index contributed by atoms with van der Waals surface area (Å²) in [6.45, 7) is 1.81. The van der Waals surface area contributed by atoms with E-state index in [0.29, 0.717) is 28.3 Å². The molecule has 0 radical (unpaired) electrons. The van der Waals surface area contributed by atoms with Crippen LogP contribution in [0.4, 0.5) is 4.39 Å². The minimum atomic E-state index is -0.305. The number of amides is 2. The molecule has 144 valence electrons. The van der Waals surface area contributed by atoms with E-state index in [4.69, 9.17) is 11.6 Å². The molecule has 6 heteroatoms. The molecule has 2 aliphatic rings. The standard InChI is InChI=1S/C22H20ClFN2O2/c23-17-7-5-16(6-8-17)19-20(25-12-1-2-13-25)22(28)26(21(19)27)14-11-15-3-9-18(24)10-4-15/h3-10H,1-2,11-14H2. The highest BCUT2D eigenvalue weighted by atomic mass is 35.5. The Morgan fingerprint density at radius 3 is 2.18 bits per heavy atom. The third-order valence-electron chi connectivity index (χ3n) is 5.24. The van der Waals surface area contributed by atoms with E-state index < -0.39 is 0 Å². The maximum Gasteiger partial charge on any atom is 0.277 e. The Balaban J connectivity index is 1.63. The molecule has 0 spiro atoms. The third kappa shape index (κ3) is 3.54. The first-order valence-corrected chi connectivity index (χ1v) is 9.78. The van der Waals surface area contributed by atoms with Crippen LogP contribution in [0.3, 0.4) is 0 Å². The van der Waals surface area contributed by atoms with Gasteiger partial charge in [-0.1, -0.05) is 35.9 Å². The highest BCUT2D eigenvalue weighted by Crippen LogP contribution is 2.33. The maximum atomic E-state index is 13.2. The molecule has 0 bridgehead atoms. The van der Waals surface area contributed by atoms with Gasteiger partial charge in [-0.25, -0.2) is 4.39 Å². The number of halogens is 2. The second kappa shape index (κ2) is 7.76. The van der Waals surface area contributed by atoms with Crippen molar-refractivity contribution in [2.24, 2.45) is 0 Å². The van der Waals surface area contributed by atoms with Crippen LogP contribution < -0.4 is 0 Å². The number of carbonyl (C=O) groups is 2. The van der Waals surface area contributed by atoms with E-state index in [1.54, 1.807) is 36.4 Å². The van der Waals surface area contributed by atoms with E-state index in [0.717, 1.165) is 31.5 Å². The Morgan fingerprint density at radius 2 is 1.54 bits per heavy atom. The fraction of sp³-hybridized carbons (Fsp3) is 0.273. The summed E-state index contributed by atoms with van der Waals surface area (Å²) in [7, 11) is 0. The molecule has 1 saturated heterocycles. The monoisotopic (exact) mass is 398 g/mol. The zero-order valence-corrected chi connectivity index (χ0v) is 16.1.